The first-order valence-corrected chi connectivity index (χ1v) is 12.4. The lowest BCUT2D eigenvalue weighted by Crippen LogP contribution is -2.58. The third-order valence-electron chi connectivity index (χ3n) is 6.99. The van der Waals surface area contributed by atoms with E-state index in [0.29, 0.717) is 44.4 Å². The van der Waals surface area contributed by atoms with Crippen molar-refractivity contribution in [3.05, 3.63) is 11.8 Å². The summed E-state index contributed by atoms with van der Waals surface area (Å²) >= 11 is 0. The molecule has 0 aromatic carbocycles. The first-order valence-electron chi connectivity index (χ1n) is 12.4. The van der Waals surface area contributed by atoms with Crippen molar-refractivity contribution in [2.45, 2.75) is 65.3 Å². The zero-order valence-electron chi connectivity index (χ0n) is 20.5. The van der Waals surface area contributed by atoms with E-state index in [4.69, 9.17) is 4.74 Å². The summed E-state index contributed by atoms with van der Waals surface area (Å²) in [7, 11) is 1.73. The second-order valence-corrected chi connectivity index (χ2v) is 9.24. The Morgan fingerprint density at radius 2 is 1.73 bits per heavy atom. The Hall–Kier alpha value is -2.58. The summed E-state index contributed by atoms with van der Waals surface area (Å²) in [6.45, 7) is 8.08. The molecule has 1 N–H and O–H groups in total. The van der Waals surface area contributed by atoms with Gasteiger partial charge in [-0.3, -0.25) is 19.1 Å². The highest BCUT2D eigenvalue weighted by molar-refractivity contribution is 5.93. The molecule has 3 amide bonds. The van der Waals surface area contributed by atoms with Crippen molar-refractivity contribution in [1.82, 2.24) is 24.9 Å². The van der Waals surface area contributed by atoms with Gasteiger partial charge in [0.15, 0.2) is 0 Å². The normalized spacial score (nSPS) is 19.2. The number of nitrogens with one attached hydrogen (secondary N) is 1. The number of amides is 3. The highest BCUT2D eigenvalue weighted by atomic mass is 16.5. The first-order chi connectivity index (χ1) is 15.8. The maximum atomic E-state index is 13.5. The van der Waals surface area contributed by atoms with Crippen LogP contribution in [0.4, 0.5) is 0 Å². The van der Waals surface area contributed by atoms with E-state index in [9.17, 15) is 14.4 Å². The molecule has 0 spiro atoms. The van der Waals surface area contributed by atoms with E-state index in [1.54, 1.807) is 18.0 Å². The van der Waals surface area contributed by atoms with Crippen molar-refractivity contribution in [2.75, 3.05) is 32.8 Å². The van der Waals surface area contributed by atoms with Gasteiger partial charge in [0.1, 0.15) is 11.7 Å². The van der Waals surface area contributed by atoms with Crippen LogP contribution in [-0.2, 0) is 16.6 Å². The van der Waals surface area contributed by atoms with E-state index >= 15 is 0 Å². The SMILES string of the molecule is CCOc1cc(C(=O)N2CCN(C(=O)[C@@H](NC(=O)[C@H](C)CC)C3CCCCC3)CC2)n(C)n1. The summed E-state index contributed by atoms with van der Waals surface area (Å²) < 4.78 is 6.94. The number of rotatable bonds is 8. The number of carbonyl (C=O) groups is 3. The van der Waals surface area contributed by atoms with Gasteiger partial charge in [-0.1, -0.05) is 33.1 Å². The summed E-state index contributed by atoms with van der Waals surface area (Å²) in [4.78, 5) is 42.7. The van der Waals surface area contributed by atoms with Crippen LogP contribution >= 0.6 is 0 Å². The maximum Gasteiger partial charge on any atom is 0.272 e. The Balaban J connectivity index is 1.63. The van der Waals surface area contributed by atoms with Gasteiger partial charge < -0.3 is 19.9 Å². The van der Waals surface area contributed by atoms with Crippen molar-refractivity contribution in [3.63, 3.8) is 0 Å². The number of aryl methyl sites for hydroxylation is 1. The van der Waals surface area contributed by atoms with Crippen LogP contribution in [0, 0.1) is 11.8 Å². The summed E-state index contributed by atoms with van der Waals surface area (Å²) in [5, 5.41) is 7.31. The smallest absolute Gasteiger partial charge is 0.272 e. The molecule has 1 saturated heterocycles. The maximum absolute atomic E-state index is 13.5. The molecule has 0 unspecified atom stereocenters. The molecule has 2 heterocycles. The number of nitrogens with zero attached hydrogens (tertiary/aromatic N) is 4. The number of hydrogen-bond acceptors (Lipinski definition) is 5. The van der Waals surface area contributed by atoms with Crippen LogP contribution in [0.2, 0.25) is 0 Å². The van der Waals surface area contributed by atoms with Gasteiger partial charge in [-0.25, -0.2) is 0 Å². The van der Waals surface area contributed by atoms with E-state index in [1.165, 1.54) is 11.1 Å². The van der Waals surface area contributed by atoms with Crippen molar-refractivity contribution in [1.29, 1.82) is 0 Å². The molecule has 0 radical (unpaired) electrons. The van der Waals surface area contributed by atoms with E-state index in [-0.39, 0.29) is 29.6 Å². The fourth-order valence-electron chi connectivity index (χ4n) is 4.68. The second-order valence-electron chi connectivity index (χ2n) is 9.24. The van der Waals surface area contributed by atoms with Crippen LogP contribution in [-0.4, -0.2) is 76.1 Å². The monoisotopic (exact) mass is 461 g/mol. The van der Waals surface area contributed by atoms with Gasteiger partial charge >= 0.3 is 0 Å². The highest BCUT2D eigenvalue weighted by Crippen LogP contribution is 2.28. The third kappa shape index (κ3) is 6.06. The highest BCUT2D eigenvalue weighted by Gasteiger charge is 2.36. The molecule has 1 aliphatic heterocycles. The van der Waals surface area contributed by atoms with E-state index in [1.807, 2.05) is 25.7 Å². The lowest BCUT2D eigenvalue weighted by atomic mass is 9.83. The van der Waals surface area contributed by atoms with Gasteiger partial charge in [0, 0.05) is 45.2 Å². The van der Waals surface area contributed by atoms with Crippen molar-refractivity contribution in [3.8, 4) is 5.88 Å². The minimum atomic E-state index is -0.472. The standard InChI is InChI=1S/C24H39N5O4/c1-5-17(3)22(30)25-21(18-10-8-7-9-11-18)24(32)29-14-12-28(13-15-29)23(31)19-16-20(33-6-2)26-27(19)4/h16-18,21H,5-15H2,1-4H3,(H,25,30)/t17-,21+/m1/s1. The molecule has 1 saturated carbocycles. The minimum absolute atomic E-state index is 0.00943. The van der Waals surface area contributed by atoms with Crippen LogP contribution in [0.5, 0.6) is 5.88 Å². The molecule has 2 aliphatic rings. The van der Waals surface area contributed by atoms with Crippen LogP contribution in [0.15, 0.2) is 6.07 Å². The zero-order chi connectivity index (χ0) is 24.0. The fraction of sp³-hybridized carbons (Fsp3) is 0.750. The molecule has 1 aliphatic carbocycles. The average molecular weight is 462 g/mol. The molecule has 1 aromatic heterocycles. The van der Waals surface area contributed by atoms with Gasteiger partial charge in [0.25, 0.3) is 5.91 Å². The summed E-state index contributed by atoms with van der Waals surface area (Å²) in [6, 6.07) is 1.19. The third-order valence-corrected chi connectivity index (χ3v) is 6.99. The van der Waals surface area contributed by atoms with E-state index < -0.39 is 6.04 Å². The Bertz CT molecular complexity index is 825. The van der Waals surface area contributed by atoms with E-state index in [2.05, 4.69) is 10.4 Å². The zero-order valence-corrected chi connectivity index (χ0v) is 20.5. The van der Waals surface area contributed by atoms with Crippen molar-refractivity contribution >= 4 is 17.7 Å². The summed E-state index contributed by atoms with van der Waals surface area (Å²) in [6.07, 6.45) is 6.08. The van der Waals surface area contributed by atoms with Crippen LogP contribution in [0.1, 0.15) is 69.8 Å². The van der Waals surface area contributed by atoms with Crippen LogP contribution in [0.3, 0.4) is 0 Å². The Morgan fingerprint density at radius 3 is 2.33 bits per heavy atom. The molecule has 9 heteroatoms. The predicted molar refractivity (Wildman–Crippen MR) is 125 cm³/mol. The quantitative estimate of drug-likeness (QED) is 0.640. The fourth-order valence-corrected chi connectivity index (χ4v) is 4.68. The number of hydrogen-bond donors (Lipinski definition) is 1. The lowest BCUT2D eigenvalue weighted by molar-refractivity contribution is -0.140. The largest absolute Gasteiger partial charge is 0.477 e. The second kappa shape index (κ2) is 11.5. The molecule has 2 fully saturated rings. The van der Waals surface area contributed by atoms with Crippen LogP contribution < -0.4 is 10.1 Å². The molecular weight excluding hydrogens is 422 g/mol. The molecule has 2 atom stereocenters. The molecule has 1 aromatic rings. The number of piperazine rings is 1. The summed E-state index contributed by atoms with van der Waals surface area (Å²) in [5.74, 6) is 0.340. The van der Waals surface area contributed by atoms with Gasteiger partial charge in [0.05, 0.1) is 6.61 Å². The predicted octanol–water partition coefficient (Wildman–Crippen LogP) is 2.21. The molecule has 0 bridgehead atoms. The number of ether oxygens (including phenoxy) is 1. The Morgan fingerprint density at radius 1 is 1.09 bits per heavy atom. The topological polar surface area (TPSA) is 96.8 Å². The Labute approximate surface area is 196 Å². The first kappa shape index (κ1) is 25.1. The van der Waals surface area contributed by atoms with Gasteiger partial charge in [0.2, 0.25) is 17.7 Å². The molecule has 3 rings (SSSR count). The van der Waals surface area contributed by atoms with Gasteiger partial charge in [-0.15, -0.1) is 5.10 Å². The average Bonchev–Trinajstić information content (AvgIpc) is 3.21. The molecule has 9 nitrogen and oxygen atoms in total. The van der Waals surface area contributed by atoms with Gasteiger partial charge in [-0.05, 0) is 32.1 Å². The Kier molecular flexibility index (Phi) is 8.74. The molecular formula is C24H39N5O4. The molecule has 184 valence electrons. The lowest BCUT2D eigenvalue weighted by Gasteiger charge is -2.39. The van der Waals surface area contributed by atoms with Crippen molar-refractivity contribution in [2.24, 2.45) is 18.9 Å². The summed E-state index contributed by atoms with van der Waals surface area (Å²) in [5.41, 5.74) is 0.471. The number of carbonyl (C=O) groups excluding carboxylic acids is 3. The van der Waals surface area contributed by atoms with Crippen molar-refractivity contribution < 1.29 is 19.1 Å². The minimum Gasteiger partial charge on any atom is -0.477 e. The van der Waals surface area contributed by atoms with E-state index in [0.717, 1.165) is 32.1 Å². The van der Waals surface area contributed by atoms with Gasteiger partial charge in [-0.2, -0.15) is 0 Å². The molecule has 33 heavy (non-hydrogen) atoms. The van der Waals surface area contributed by atoms with Crippen LogP contribution in [0.25, 0.3) is 0 Å². The number of aromatic nitrogens is 2.